The first-order valence-corrected chi connectivity index (χ1v) is 12.1. The van der Waals surface area contributed by atoms with Gasteiger partial charge in [0, 0.05) is 12.1 Å². The molecule has 0 aliphatic heterocycles. The van der Waals surface area contributed by atoms with E-state index in [9.17, 15) is 14.9 Å². The first-order chi connectivity index (χ1) is 17.1. The molecule has 1 amide bonds. The number of halogens is 1. The second kappa shape index (κ2) is 12.3. The summed E-state index contributed by atoms with van der Waals surface area (Å²) in [5, 5.41) is 21.3. The number of carbonyl (C=O) groups is 1. The average molecular weight is 560 g/mol. The number of aromatic nitrogens is 1. The Morgan fingerprint density at radius 3 is 2.56 bits per heavy atom. The molecule has 10 nitrogen and oxygen atoms in total. The van der Waals surface area contributed by atoms with Gasteiger partial charge >= 0.3 is 0 Å². The summed E-state index contributed by atoms with van der Waals surface area (Å²) in [4.78, 5) is 27.9. The average Bonchev–Trinajstić information content (AvgIpc) is 3.18. The first kappa shape index (κ1) is 26.8. The molecule has 14 heteroatoms. The van der Waals surface area contributed by atoms with E-state index in [1.165, 1.54) is 23.5 Å². The second-order valence-electron chi connectivity index (χ2n) is 6.98. The Morgan fingerprint density at radius 1 is 1.22 bits per heavy atom. The van der Waals surface area contributed by atoms with Crippen LogP contribution >= 0.6 is 47.4 Å². The molecule has 0 bridgehead atoms. The van der Waals surface area contributed by atoms with Gasteiger partial charge in [0.15, 0.2) is 15.4 Å². The van der Waals surface area contributed by atoms with Crippen LogP contribution in [0.2, 0.25) is 5.02 Å². The molecule has 0 aliphatic carbocycles. The maximum Gasteiger partial charge on any atom is 0.269 e. The van der Waals surface area contributed by atoms with E-state index in [1.54, 1.807) is 55.5 Å². The third kappa shape index (κ3) is 7.36. The highest BCUT2D eigenvalue weighted by Gasteiger charge is 2.16. The Kier molecular flexibility index (Phi) is 9.13. The second-order valence-corrected chi connectivity index (χ2v) is 9.23. The Hall–Kier alpha value is -3.78. The van der Waals surface area contributed by atoms with Gasteiger partial charge in [-0.3, -0.25) is 25.7 Å². The van der Waals surface area contributed by atoms with Gasteiger partial charge in [-0.2, -0.15) is 5.10 Å². The summed E-state index contributed by atoms with van der Waals surface area (Å²) in [6, 6.07) is 12.6. The highest BCUT2D eigenvalue weighted by atomic mass is 35.5. The number of hydrogen-bond donors (Lipinski definition) is 4. The van der Waals surface area contributed by atoms with E-state index in [0.717, 1.165) is 0 Å². The lowest BCUT2D eigenvalue weighted by Crippen LogP contribution is -2.34. The van der Waals surface area contributed by atoms with E-state index < -0.39 is 10.8 Å². The molecule has 1 heterocycles. The molecule has 0 radical (unpaired) electrons. The van der Waals surface area contributed by atoms with Gasteiger partial charge in [0.2, 0.25) is 0 Å². The van der Waals surface area contributed by atoms with E-state index >= 15 is 0 Å². The molecule has 0 spiro atoms. The SMILES string of the molecule is Cc1nc(NC(=S)NC(=O)c2ccccc2Cl)sc1C(/C=C/c1ccc([N+](=O)[O-])cc1)=N\NC(N)=S. The van der Waals surface area contributed by atoms with E-state index in [2.05, 4.69) is 26.1 Å². The van der Waals surface area contributed by atoms with Gasteiger partial charge in [0.1, 0.15) is 5.71 Å². The zero-order valence-electron chi connectivity index (χ0n) is 18.5. The Labute approximate surface area is 225 Å². The summed E-state index contributed by atoms with van der Waals surface area (Å²) in [5.41, 5.74) is 10.1. The number of carbonyl (C=O) groups excluding carboxylic acids is 1. The number of nitro benzene ring substituents is 1. The number of benzene rings is 2. The highest BCUT2D eigenvalue weighted by Crippen LogP contribution is 2.24. The van der Waals surface area contributed by atoms with Crippen molar-refractivity contribution in [2.24, 2.45) is 10.8 Å². The fourth-order valence-corrected chi connectivity index (χ4v) is 4.25. The van der Waals surface area contributed by atoms with Crippen LogP contribution in [0.1, 0.15) is 26.5 Å². The molecule has 0 unspecified atom stereocenters. The molecule has 36 heavy (non-hydrogen) atoms. The van der Waals surface area contributed by atoms with Crippen molar-refractivity contribution in [2.45, 2.75) is 6.92 Å². The summed E-state index contributed by atoms with van der Waals surface area (Å²) < 4.78 is 0. The minimum atomic E-state index is -0.469. The van der Waals surface area contributed by atoms with Crippen LogP contribution in [-0.2, 0) is 0 Å². The molecule has 0 atom stereocenters. The predicted octanol–water partition coefficient (Wildman–Crippen LogP) is 4.39. The van der Waals surface area contributed by atoms with Crippen LogP contribution in [0, 0.1) is 17.0 Å². The number of nitrogens with zero attached hydrogens (tertiary/aromatic N) is 3. The number of amides is 1. The maximum atomic E-state index is 12.4. The van der Waals surface area contributed by atoms with E-state index in [0.29, 0.717) is 32.0 Å². The summed E-state index contributed by atoms with van der Waals surface area (Å²) in [5.74, 6) is -0.458. The number of allylic oxidation sites excluding steroid dienone is 1. The number of aryl methyl sites for hydroxylation is 1. The van der Waals surface area contributed by atoms with Crippen molar-refractivity contribution in [2.75, 3.05) is 5.32 Å². The molecule has 5 N–H and O–H groups in total. The van der Waals surface area contributed by atoms with Gasteiger partial charge in [-0.05, 0) is 67.3 Å². The largest absolute Gasteiger partial charge is 0.375 e. The van der Waals surface area contributed by atoms with Gasteiger partial charge in [-0.15, -0.1) is 0 Å². The van der Waals surface area contributed by atoms with E-state index in [-0.39, 0.29) is 21.5 Å². The number of thiazole rings is 1. The van der Waals surface area contributed by atoms with Crippen molar-refractivity contribution in [3.8, 4) is 0 Å². The third-order valence-electron chi connectivity index (χ3n) is 4.42. The molecular weight excluding hydrogens is 542 g/mol. The first-order valence-electron chi connectivity index (χ1n) is 10.0. The number of rotatable bonds is 7. The van der Waals surface area contributed by atoms with Crippen LogP contribution in [-0.4, -0.2) is 31.8 Å². The summed E-state index contributed by atoms with van der Waals surface area (Å²) in [6.07, 6.45) is 3.42. The van der Waals surface area contributed by atoms with Crippen LogP contribution in [0.3, 0.4) is 0 Å². The van der Waals surface area contributed by atoms with Gasteiger partial charge < -0.3 is 11.1 Å². The molecule has 0 aliphatic rings. The van der Waals surface area contributed by atoms with Crippen molar-refractivity contribution in [3.63, 3.8) is 0 Å². The molecule has 2 aromatic carbocycles. The number of non-ortho nitro benzene ring substituents is 1. The van der Waals surface area contributed by atoms with E-state index in [4.69, 9.17) is 41.8 Å². The standard InChI is InChI=1S/C22H18ClN7O3S3/c1-12-18(17(28-29-20(24)34)11-8-13-6-9-14(10-7-13)30(32)33)36-22(25-12)27-21(35)26-19(31)15-4-2-3-5-16(15)23/h2-11H,1H3,(H3,24,29,34)(H2,25,26,27,31,35)/b11-8+,28-17-. The molecule has 0 saturated heterocycles. The predicted molar refractivity (Wildman–Crippen MR) is 151 cm³/mol. The maximum absolute atomic E-state index is 12.4. The summed E-state index contributed by atoms with van der Waals surface area (Å²) in [6.45, 7) is 1.78. The topological polar surface area (TPSA) is 148 Å². The lowest BCUT2D eigenvalue weighted by Gasteiger charge is -2.08. The lowest BCUT2D eigenvalue weighted by atomic mass is 10.1. The lowest BCUT2D eigenvalue weighted by molar-refractivity contribution is -0.384. The molecular formula is C22H18ClN7O3S3. The van der Waals surface area contributed by atoms with Crippen LogP contribution in [0.25, 0.3) is 6.08 Å². The van der Waals surface area contributed by atoms with Gasteiger partial charge in [0.25, 0.3) is 11.6 Å². The molecule has 184 valence electrons. The zero-order valence-corrected chi connectivity index (χ0v) is 21.7. The van der Waals surface area contributed by atoms with Crippen molar-refractivity contribution in [1.82, 2.24) is 15.7 Å². The van der Waals surface area contributed by atoms with Crippen molar-refractivity contribution in [1.29, 1.82) is 0 Å². The Bertz CT molecular complexity index is 1390. The molecule has 3 rings (SSSR count). The molecule has 0 saturated carbocycles. The summed E-state index contributed by atoms with van der Waals surface area (Å²) in [7, 11) is 0. The monoisotopic (exact) mass is 559 g/mol. The van der Waals surface area contributed by atoms with Crippen LogP contribution in [0.15, 0.2) is 59.7 Å². The third-order valence-corrected chi connectivity index (χ3v) is 6.14. The van der Waals surface area contributed by atoms with Crippen LogP contribution in [0.5, 0.6) is 0 Å². The van der Waals surface area contributed by atoms with E-state index in [1.807, 2.05) is 0 Å². The van der Waals surface area contributed by atoms with Crippen molar-refractivity contribution in [3.05, 3.63) is 91.4 Å². The fourth-order valence-electron chi connectivity index (χ4n) is 2.79. The van der Waals surface area contributed by atoms with Gasteiger partial charge in [-0.1, -0.05) is 41.1 Å². The molecule has 3 aromatic rings. The Morgan fingerprint density at radius 2 is 1.92 bits per heavy atom. The zero-order chi connectivity index (χ0) is 26.2. The number of hydrogen-bond acceptors (Lipinski definition) is 8. The minimum Gasteiger partial charge on any atom is -0.375 e. The minimum absolute atomic E-state index is 0.0113. The number of nitro groups is 1. The smallest absolute Gasteiger partial charge is 0.269 e. The number of nitrogens with two attached hydrogens (primary N) is 1. The Balaban J connectivity index is 1.78. The van der Waals surface area contributed by atoms with Crippen LogP contribution < -0.4 is 21.8 Å². The molecule has 1 aromatic heterocycles. The van der Waals surface area contributed by atoms with Crippen molar-refractivity contribution >= 4 is 86.1 Å². The number of anilines is 1. The quantitative estimate of drug-likeness (QED) is 0.143. The summed E-state index contributed by atoms with van der Waals surface area (Å²) >= 11 is 17.4. The number of hydrazone groups is 1. The molecule has 0 fully saturated rings. The van der Waals surface area contributed by atoms with Gasteiger partial charge in [-0.25, -0.2) is 4.98 Å². The van der Waals surface area contributed by atoms with Crippen molar-refractivity contribution < 1.29 is 9.72 Å². The van der Waals surface area contributed by atoms with Gasteiger partial charge in [0.05, 0.1) is 26.1 Å². The van der Waals surface area contributed by atoms with Crippen LogP contribution in [0.4, 0.5) is 10.8 Å². The normalized spacial score (nSPS) is 11.2. The number of thiocarbonyl (C=S) groups is 2. The highest BCUT2D eigenvalue weighted by molar-refractivity contribution is 7.80. The number of nitrogens with one attached hydrogen (secondary N) is 3. The fraction of sp³-hybridized carbons (Fsp3) is 0.0455.